The van der Waals surface area contributed by atoms with Gasteiger partial charge in [0.25, 0.3) is 0 Å². The van der Waals surface area contributed by atoms with Crippen molar-refractivity contribution in [1.82, 2.24) is 0 Å². The highest BCUT2D eigenvalue weighted by Crippen LogP contribution is 2.51. The Kier molecular flexibility index (Phi) is 5.76. The van der Waals surface area contributed by atoms with E-state index in [1.807, 2.05) is 0 Å². The first-order valence-corrected chi connectivity index (χ1v) is 13.5. The monoisotopic (exact) mass is 510 g/mol. The summed E-state index contributed by atoms with van der Waals surface area (Å²) in [7, 11) is 0. The lowest BCUT2D eigenvalue weighted by Crippen LogP contribution is -2.24. The van der Waals surface area contributed by atoms with E-state index in [0.29, 0.717) is 5.92 Å². The van der Waals surface area contributed by atoms with Crippen molar-refractivity contribution < 1.29 is 0 Å². The molecule has 1 heteroatoms. The van der Waals surface area contributed by atoms with Crippen LogP contribution in [0.5, 0.6) is 0 Å². The first-order chi connectivity index (χ1) is 16.2. The molecular formula is C33H35Br. The summed E-state index contributed by atoms with van der Waals surface area (Å²) in [5.74, 6) is 0.595. The van der Waals surface area contributed by atoms with Crippen LogP contribution in [-0.4, -0.2) is 0 Å². The van der Waals surface area contributed by atoms with E-state index in [0.717, 1.165) is 10.9 Å². The fourth-order valence-corrected chi connectivity index (χ4v) is 6.15. The normalized spacial score (nSPS) is 16.7. The van der Waals surface area contributed by atoms with Gasteiger partial charge in [-0.05, 0) is 80.6 Å². The predicted molar refractivity (Wildman–Crippen MR) is 151 cm³/mol. The van der Waals surface area contributed by atoms with Crippen LogP contribution in [0.1, 0.15) is 88.1 Å². The van der Waals surface area contributed by atoms with Crippen molar-refractivity contribution in [2.75, 3.05) is 0 Å². The molecule has 0 aromatic heterocycles. The summed E-state index contributed by atoms with van der Waals surface area (Å²) in [6.45, 7) is 14.1. The van der Waals surface area contributed by atoms with Crippen molar-refractivity contribution in [3.8, 4) is 11.1 Å². The van der Waals surface area contributed by atoms with Crippen LogP contribution in [0.25, 0.3) is 21.9 Å². The van der Waals surface area contributed by atoms with Gasteiger partial charge in [-0.15, -0.1) is 0 Å². The molecule has 5 rings (SSSR count). The second-order valence-corrected chi connectivity index (χ2v) is 11.8. The van der Waals surface area contributed by atoms with Crippen LogP contribution >= 0.6 is 15.9 Å². The van der Waals surface area contributed by atoms with E-state index < -0.39 is 0 Å². The topological polar surface area (TPSA) is 0 Å². The van der Waals surface area contributed by atoms with Gasteiger partial charge in [-0.25, -0.2) is 0 Å². The molecule has 0 bridgehead atoms. The molecule has 0 heterocycles. The minimum atomic E-state index is -0.0387. The van der Waals surface area contributed by atoms with E-state index in [4.69, 9.17) is 0 Å². The van der Waals surface area contributed by atoms with Crippen LogP contribution in [-0.2, 0) is 10.8 Å². The molecule has 0 amide bonds. The summed E-state index contributed by atoms with van der Waals surface area (Å²) in [6, 6.07) is 28.0. The van der Waals surface area contributed by atoms with Crippen LogP contribution in [0.15, 0.2) is 77.3 Å². The van der Waals surface area contributed by atoms with Crippen molar-refractivity contribution in [3.63, 3.8) is 0 Å². The van der Waals surface area contributed by atoms with Gasteiger partial charge in [0.2, 0.25) is 0 Å². The maximum atomic E-state index is 3.61. The fraction of sp³-hybridized carbons (Fsp3) is 0.333. The third-order valence-electron chi connectivity index (χ3n) is 8.67. The molecule has 0 spiro atoms. The molecular weight excluding hydrogens is 476 g/mol. The number of halogens is 1. The Balaban J connectivity index is 1.61. The van der Waals surface area contributed by atoms with Crippen molar-refractivity contribution in [2.45, 2.75) is 71.1 Å². The maximum absolute atomic E-state index is 3.61. The van der Waals surface area contributed by atoms with Gasteiger partial charge in [-0.2, -0.15) is 0 Å². The Morgan fingerprint density at radius 2 is 1.35 bits per heavy atom. The Labute approximate surface area is 213 Å². The summed E-state index contributed by atoms with van der Waals surface area (Å²) < 4.78 is 1.13. The summed E-state index contributed by atoms with van der Waals surface area (Å²) in [4.78, 5) is 0. The van der Waals surface area contributed by atoms with Crippen LogP contribution in [0.3, 0.4) is 0 Å². The number of hydrogen-bond donors (Lipinski definition) is 0. The standard InChI is InChI=1S/C33H35Br/c1-7-21(3)22-11-15-28-29-16-13-26(20-31(29)32(4,5)30(28)19-22)33(6,8-2)25-12-9-24-18-27(34)14-10-23(24)17-25/h9-21H,7-8H2,1-6H3. The van der Waals surface area contributed by atoms with E-state index in [-0.39, 0.29) is 10.8 Å². The molecule has 174 valence electrons. The van der Waals surface area contributed by atoms with E-state index in [1.54, 1.807) is 0 Å². The van der Waals surface area contributed by atoms with Crippen LogP contribution < -0.4 is 0 Å². The van der Waals surface area contributed by atoms with Crippen LogP contribution in [0.2, 0.25) is 0 Å². The quantitative estimate of drug-likeness (QED) is 0.250. The highest BCUT2D eigenvalue weighted by atomic mass is 79.9. The largest absolute Gasteiger partial charge is 0.0648 e. The zero-order valence-corrected chi connectivity index (χ0v) is 22.9. The summed E-state index contributed by atoms with van der Waals surface area (Å²) in [5, 5.41) is 2.58. The van der Waals surface area contributed by atoms with Gasteiger partial charge in [0.1, 0.15) is 0 Å². The van der Waals surface area contributed by atoms with Crippen LogP contribution in [0, 0.1) is 0 Å². The van der Waals surface area contributed by atoms with Crippen molar-refractivity contribution in [2.24, 2.45) is 0 Å². The third-order valence-corrected chi connectivity index (χ3v) is 9.16. The minimum Gasteiger partial charge on any atom is -0.0648 e. The third kappa shape index (κ3) is 3.55. The van der Waals surface area contributed by atoms with Gasteiger partial charge in [0.05, 0.1) is 0 Å². The first kappa shape index (κ1) is 23.4. The lowest BCUT2D eigenvalue weighted by molar-refractivity contribution is 0.547. The number of rotatable bonds is 5. The summed E-state index contributed by atoms with van der Waals surface area (Å²) in [6.07, 6.45) is 2.23. The SMILES string of the molecule is CCC(C)c1ccc2c(c1)C(C)(C)c1cc(C(C)(CC)c3ccc4cc(Br)ccc4c3)ccc1-2. The van der Waals surface area contributed by atoms with E-state index >= 15 is 0 Å². The molecule has 34 heavy (non-hydrogen) atoms. The maximum Gasteiger partial charge on any atom is 0.0181 e. The Morgan fingerprint density at radius 1 is 0.765 bits per heavy atom. The highest BCUT2D eigenvalue weighted by molar-refractivity contribution is 9.10. The minimum absolute atomic E-state index is 0.00839. The molecule has 0 nitrogen and oxygen atoms in total. The zero-order chi connectivity index (χ0) is 24.3. The smallest absolute Gasteiger partial charge is 0.0181 e. The van der Waals surface area contributed by atoms with E-state index in [9.17, 15) is 0 Å². The highest BCUT2D eigenvalue weighted by Gasteiger charge is 2.37. The number of benzene rings is 4. The van der Waals surface area contributed by atoms with Crippen LogP contribution in [0.4, 0.5) is 0 Å². The molecule has 0 aliphatic heterocycles. The fourth-order valence-electron chi connectivity index (χ4n) is 5.78. The molecule has 0 N–H and O–H groups in total. The molecule has 1 aliphatic carbocycles. The van der Waals surface area contributed by atoms with Crippen molar-refractivity contribution in [1.29, 1.82) is 0 Å². The van der Waals surface area contributed by atoms with Crippen molar-refractivity contribution >= 4 is 26.7 Å². The lowest BCUT2D eigenvalue weighted by Gasteiger charge is -2.32. The van der Waals surface area contributed by atoms with Gasteiger partial charge < -0.3 is 0 Å². The molecule has 1 aliphatic rings. The molecule has 0 fully saturated rings. The molecule has 4 aromatic carbocycles. The molecule has 0 saturated carbocycles. The second-order valence-electron chi connectivity index (χ2n) is 10.9. The van der Waals surface area contributed by atoms with Crippen molar-refractivity contribution in [3.05, 3.63) is 105 Å². The van der Waals surface area contributed by atoms with Gasteiger partial charge in [-0.1, -0.05) is 118 Å². The van der Waals surface area contributed by atoms with E-state index in [1.165, 1.54) is 56.1 Å². The molecule has 0 saturated heterocycles. The van der Waals surface area contributed by atoms with Gasteiger partial charge in [-0.3, -0.25) is 0 Å². The summed E-state index contributed by atoms with van der Waals surface area (Å²) >= 11 is 3.61. The summed E-state index contributed by atoms with van der Waals surface area (Å²) in [5.41, 5.74) is 9.98. The second kappa shape index (κ2) is 8.38. The first-order valence-electron chi connectivity index (χ1n) is 12.7. The van der Waals surface area contributed by atoms with Gasteiger partial charge in [0.15, 0.2) is 0 Å². The molecule has 2 atom stereocenters. The van der Waals surface area contributed by atoms with Gasteiger partial charge >= 0.3 is 0 Å². The Morgan fingerprint density at radius 3 is 2.06 bits per heavy atom. The predicted octanol–water partition coefficient (Wildman–Crippen LogP) is 10.1. The molecule has 0 radical (unpaired) electrons. The zero-order valence-electron chi connectivity index (χ0n) is 21.3. The lowest BCUT2D eigenvalue weighted by atomic mass is 9.72. The van der Waals surface area contributed by atoms with E-state index in [2.05, 4.69) is 130 Å². The Bertz CT molecular complexity index is 1390. The average molecular weight is 512 g/mol. The molecule has 4 aromatic rings. The molecule has 2 unspecified atom stereocenters. The average Bonchev–Trinajstić information content (AvgIpc) is 3.08. The Hall–Kier alpha value is -2.38. The number of hydrogen-bond acceptors (Lipinski definition) is 0. The number of fused-ring (bicyclic) bond motifs is 4. The van der Waals surface area contributed by atoms with Gasteiger partial charge in [0, 0.05) is 15.3 Å².